The third-order valence-corrected chi connectivity index (χ3v) is 7.74. The lowest BCUT2D eigenvalue weighted by Crippen LogP contribution is -2.19. The molecular formula is C27H32F4O2. The maximum atomic E-state index is 14.8. The molecule has 2 aliphatic rings. The molecule has 0 amide bonds. The van der Waals surface area contributed by atoms with Crippen LogP contribution in [0.15, 0.2) is 24.3 Å². The molecule has 4 atom stereocenters. The van der Waals surface area contributed by atoms with Gasteiger partial charge in [0.05, 0.1) is 13.7 Å². The number of unbranched alkanes of at least 4 members (excludes halogenated alkanes) is 2. The van der Waals surface area contributed by atoms with Crippen molar-refractivity contribution in [3.63, 3.8) is 0 Å². The van der Waals surface area contributed by atoms with Gasteiger partial charge in [0.2, 0.25) is 11.6 Å². The fourth-order valence-corrected chi connectivity index (χ4v) is 6.01. The van der Waals surface area contributed by atoms with E-state index in [0.717, 1.165) is 18.3 Å². The van der Waals surface area contributed by atoms with Crippen molar-refractivity contribution in [2.75, 3.05) is 13.7 Å². The minimum absolute atomic E-state index is 0.188. The van der Waals surface area contributed by atoms with Crippen molar-refractivity contribution in [3.8, 4) is 22.6 Å². The number of rotatable bonds is 9. The highest BCUT2D eigenvalue weighted by atomic mass is 19.2. The van der Waals surface area contributed by atoms with Crippen LogP contribution in [0.2, 0.25) is 0 Å². The zero-order valence-corrected chi connectivity index (χ0v) is 19.3. The van der Waals surface area contributed by atoms with Gasteiger partial charge in [0.25, 0.3) is 0 Å². The maximum Gasteiger partial charge on any atom is 0.201 e. The fourth-order valence-electron chi connectivity index (χ4n) is 6.01. The van der Waals surface area contributed by atoms with Crippen LogP contribution in [-0.2, 0) is 0 Å². The molecule has 6 heteroatoms. The van der Waals surface area contributed by atoms with Gasteiger partial charge in [-0.15, -0.1) is 0 Å². The Balaban J connectivity index is 1.43. The number of ether oxygens (including phenoxy) is 2. The normalized spacial score (nSPS) is 24.2. The van der Waals surface area contributed by atoms with Crippen LogP contribution in [0.3, 0.4) is 0 Å². The second-order valence-electron chi connectivity index (χ2n) is 9.49. The van der Waals surface area contributed by atoms with Gasteiger partial charge in [0.15, 0.2) is 23.1 Å². The van der Waals surface area contributed by atoms with Crippen LogP contribution < -0.4 is 9.47 Å². The lowest BCUT2D eigenvalue weighted by Gasteiger charge is -2.21. The van der Waals surface area contributed by atoms with E-state index in [1.807, 2.05) is 0 Å². The second kappa shape index (κ2) is 10.4. The van der Waals surface area contributed by atoms with Crippen molar-refractivity contribution in [3.05, 3.63) is 47.5 Å². The van der Waals surface area contributed by atoms with E-state index in [2.05, 4.69) is 6.92 Å². The highest BCUT2D eigenvalue weighted by Gasteiger charge is 2.44. The molecule has 180 valence electrons. The third kappa shape index (κ3) is 4.71. The summed E-state index contributed by atoms with van der Waals surface area (Å²) < 4.78 is 68.4. The third-order valence-electron chi connectivity index (χ3n) is 7.74. The van der Waals surface area contributed by atoms with Gasteiger partial charge in [-0.1, -0.05) is 32.6 Å². The Kier molecular flexibility index (Phi) is 7.50. The lowest BCUT2D eigenvalue weighted by atomic mass is 9.86. The summed E-state index contributed by atoms with van der Waals surface area (Å²) in [5.74, 6) is -2.98. The van der Waals surface area contributed by atoms with E-state index in [1.54, 1.807) is 0 Å². The molecule has 0 aliphatic heterocycles. The summed E-state index contributed by atoms with van der Waals surface area (Å²) in [6.07, 6.45) is 9.80. The van der Waals surface area contributed by atoms with Crippen LogP contribution in [-0.4, -0.2) is 13.7 Å². The zero-order valence-electron chi connectivity index (χ0n) is 19.3. The van der Waals surface area contributed by atoms with Gasteiger partial charge in [-0.2, -0.15) is 8.78 Å². The van der Waals surface area contributed by atoms with Gasteiger partial charge in [-0.3, -0.25) is 0 Å². The van der Waals surface area contributed by atoms with Crippen LogP contribution in [0, 0.1) is 46.9 Å². The topological polar surface area (TPSA) is 18.5 Å². The van der Waals surface area contributed by atoms with E-state index in [-0.39, 0.29) is 22.6 Å². The van der Waals surface area contributed by atoms with Crippen LogP contribution in [0.5, 0.6) is 11.5 Å². The van der Waals surface area contributed by atoms with Gasteiger partial charge < -0.3 is 9.47 Å². The van der Waals surface area contributed by atoms with Gasteiger partial charge >= 0.3 is 0 Å². The Morgan fingerprint density at radius 1 is 0.727 bits per heavy atom. The van der Waals surface area contributed by atoms with Gasteiger partial charge in [0.1, 0.15) is 0 Å². The molecule has 4 unspecified atom stereocenters. The summed E-state index contributed by atoms with van der Waals surface area (Å²) in [5, 5.41) is 0. The summed E-state index contributed by atoms with van der Waals surface area (Å²) in [5.41, 5.74) is -0.722. The molecule has 4 rings (SSSR count). The SMILES string of the molecule is CCCCCC1CCC2C(COc3ccc(-c4ccc(OC)c(F)c4F)c(F)c3F)CCC12. The van der Waals surface area contributed by atoms with Crippen molar-refractivity contribution < 1.29 is 27.0 Å². The smallest absolute Gasteiger partial charge is 0.201 e. The first kappa shape index (κ1) is 23.9. The Morgan fingerprint density at radius 3 is 1.94 bits per heavy atom. The number of fused-ring (bicyclic) bond motifs is 1. The van der Waals surface area contributed by atoms with Crippen molar-refractivity contribution in [1.82, 2.24) is 0 Å². The maximum absolute atomic E-state index is 14.8. The molecular weight excluding hydrogens is 432 g/mol. The largest absolute Gasteiger partial charge is 0.494 e. The summed E-state index contributed by atoms with van der Waals surface area (Å²) >= 11 is 0. The molecule has 0 aromatic heterocycles. The average molecular weight is 465 g/mol. The highest BCUT2D eigenvalue weighted by molar-refractivity contribution is 5.67. The highest BCUT2D eigenvalue weighted by Crippen LogP contribution is 2.52. The number of hydrogen-bond donors (Lipinski definition) is 0. The standard InChI is InChI=1S/C27H32F4O2/c1-3-4-5-6-16-7-9-19-17(8-10-18(16)19)15-33-23-14-12-21(25(29)27(23)31)20-11-13-22(32-2)26(30)24(20)28/h11-14,16-19H,3-10,15H2,1-2H3. The van der Waals surface area contributed by atoms with E-state index >= 15 is 0 Å². The van der Waals surface area contributed by atoms with E-state index in [4.69, 9.17) is 9.47 Å². The van der Waals surface area contributed by atoms with Crippen LogP contribution >= 0.6 is 0 Å². The molecule has 2 saturated carbocycles. The first-order chi connectivity index (χ1) is 16.0. The summed E-state index contributed by atoms with van der Waals surface area (Å²) in [6, 6.07) is 4.88. The summed E-state index contributed by atoms with van der Waals surface area (Å²) in [7, 11) is 1.20. The summed E-state index contributed by atoms with van der Waals surface area (Å²) in [6.45, 7) is 2.57. The van der Waals surface area contributed by atoms with Crippen molar-refractivity contribution in [2.45, 2.75) is 58.3 Å². The van der Waals surface area contributed by atoms with E-state index < -0.39 is 23.3 Å². The van der Waals surface area contributed by atoms with E-state index in [1.165, 1.54) is 76.3 Å². The first-order valence-electron chi connectivity index (χ1n) is 12.1. The van der Waals surface area contributed by atoms with Crippen LogP contribution in [0.1, 0.15) is 58.3 Å². The molecule has 0 saturated heterocycles. The van der Waals surface area contributed by atoms with Crippen LogP contribution in [0.25, 0.3) is 11.1 Å². The molecule has 33 heavy (non-hydrogen) atoms. The molecule has 0 spiro atoms. The molecule has 2 aromatic carbocycles. The predicted octanol–water partition coefficient (Wildman–Crippen LogP) is 7.93. The number of benzene rings is 2. The molecule has 0 bridgehead atoms. The predicted molar refractivity (Wildman–Crippen MR) is 120 cm³/mol. The Labute approximate surface area is 193 Å². The van der Waals surface area contributed by atoms with Crippen molar-refractivity contribution in [2.24, 2.45) is 23.7 Å². The lowest BCUT2D eigenvalue weighted by molar-refractivity contribution is 0.194. The minimum atomic E-state index is -1.28. The number of hydrogen-bond acceptors (Lipinski definition) is 2. The minimum Gasteiger partial charge on any atom is -0.494 e. The molecule has 0 heterocycles. The quantitative estimate of drug-likeness (QED) is 0.277. The molecule has 2 aromatic rings. The molecule has 0 N–H and O–H groups in total. The Morgan fingerprint density at radius 2 is 1.30 bits per heavy atom. The first-order valence-corrected chi connectivity index (χ1v) is 12.1. The average Bonchev–Trinajstić information content (AvgIpc) is 3.40. The molecule has 2 aliphatic carbocycles. The van der Waals surface area contributed by atoms with E-state index in [0.29, 0.717) is 18.4 Å². The summed E-state index contributed by atoms with van der Waals surface area (Å²) in [4.78, 5) is 0. The fraction of sp³-hybridized carbons (Fsp3) is 0.556. The van der Waals surface area contributed by atoms with Crippen molar-refractivity contribution in [1.29, 1.82) is 0 Å². The van der Waals surface area contributed by atoms with Crippen molar-refractivity contribution >= 4 is 0 Å². The number of methoxy groups -OCH3 is 1. The monoisotopic (exact) mass is 464 g/mol. The van der Waals surface area contributed by atoms with Gasteiger partial charge in [-0.25, -0.2) is 8.78 Å². The van der Waals surface area contributed by atoms with Gasteiger partial charge in [0, 0.05) is 11.1 Å². The Hall–Kier alpha value is -2.24. The molecule has 0 radical (unpaired) electrons. The molecule has 2 nitrogen and oxygen atoms in total. The number of halogens is 4. The second-order valence-corrected chi connectivity index (χ2v) is 9.49. The van der Waals surface area contributed by atoms with Gasteiger partial charge in [-0.05, 0) is 73.6 Å². The van der Waals surface area contributed by atoms with E-state index in [9.17, 15) is 17.6 Å². The Bertz CT molecular complexity index is 977. The zero-order chi connectivity index (χ0) is 23.5. The van der Waals surface area contributed by atoms with Crippen LogP contribution in [0.4, 0.5) is 17.6 Å². The molecule has 2 fully saturated rings.